The van der Waals surface area contributed by atoms with Gasteiger partial charge >= 0.3 is 6.03 Å². The predicted octanol–water partition coefficient (Wildman–Crippen LogP) is 2.20. The minimum atomic E-state index is -0.420. The lowest BCUT2D eigenvalue weighted by Gasteiger charge is -2.20. The van der Waals surface area contributed by atoms with E-state index in [1.807, 2.05) is 17.5 Å². The molecule has 1 fully saturated rings. The van der Waals surface area contributed by atoms with Crippen molar-refractivity contribution >= 4 is 23.3 Å². The third-order valence-corrected chi connectivity index (χ3v) is 4.25. The van der Waals surface area contributed by atoms with Crippen LogP contribution < -0.4 is 10.6 Å². The minimum absolute atomic E-state index is 0.229. The van der Waals surface area contributed by atoms with Gasteiger partial charge in [0.2, 0.25) is 5.91 Å². The summed E-state index contributed by atoms with van der Waals surface area (Å²) in [5, 5.41) is 7.05. The second kappa shape index (κ2) is 8.14. The van der Waals surface area contributed by atoms with E-state index in [9.17, 15) is 9.59 Å². The number of carbonyl (C=O) groups excluding carboxylic acids is 2. The molecule has 1 aromatic heterocycles. The number of nitrogens with zero attached hydrogens (tertiary/aromatic N) is 1. The zero-order valence-electron chi connectivity index (χ0n) is 12.4. The van der Waals surface area contributed by atoms with Crippen LogP contribution in [-0.2, 0) is 11.3 Å². The lowest BCUT2D eigenvalue weighted by Crippen LogP contribution is -2.44. The number of urea groups is 1. The standard InChI is InChI=1S/C15H23N3O2S/c1-2-7-18(10-12-5-6-12)11-14(19)17-15(20)16-9-13-4-3-8-21-13/h3-4,8,12H,2,5-7,9-11H2,1H3,(H2,16,17,19,20). The molecule has 1 saturated carbocycles. The van der Waals surface area contributed by atoms with E-state index in [4.69, 9.17) is 0 Å². The van der Waals surface area contributed by atoms with Crippen molar-refractivity contribution < 1.29 is 9.59 Å². The zero-order chi connectivity index (χ0) is 15.1. The molecule has 6 heteroatoms. The van der Waals surface area contributed by atoms with Gasteiger partial charge in [0.1, 0.15) is 0 Å². The van der Waals surface area contributed by atoms with Crippen molar-refractivity contribution in [3.8, 4) is 0 Å². The molecule has 116 valence electrons. The number of imide groups is 1. The molecule has 5 nitrogen and oxygen atoms in total. The maximum atomic E-state index is 11.9. The highest BCUT2D eigenvalue weighted by atomic mass is 32.1. The van der Waals surface area contributed by atoms with Gasteiger partial charge in [-0.2, -0.15) is 0 Å². The molecular formula is C15H23N3O2S. The van der Waals surface area contributed by atoms with Crippen molar-refractivity contribution in [1.29, 1.82) is 0 Å². The highest BCUT2D eigenvalue weighted by Crippen LogP contribution is 2.29. The summed E-state index contributed by atoms with van der Waals surface area (Å²) in [6.07, 6.45) is 3.55. The average Bonchev–Trinajstić information content (AvgIpc) is 3.09. The Morgan fingerprint density at radius 2 is 2.24 bits per heavy atom. The molecule has 0 aromatic carbocycles. The van der Waals surface area contributed by atoms with Crippen LogP contribution in [0.15, 0.2) is 17.5 Å². The second-order valence-electron chi connectivity index (χ2n) is 5.49. The lowest BCUT2D eigenvalue weighted by molar-refractivity contribution is -0.121. The zero-order valence-corrected chi connectivity index (χ0v) is 13.2. The molecule has 0 bridgehead atoms. The Hall–Kier alpha value is -1.40. The molecule has 0 atom stereocenters. The van der Waals surface area contributed by atoms with E-state index in [0.717, 1.165) is 30.3 Å². The summed E-state index contributed by atoms with van der Waals surface area (Å²) in [5.74, 6) is 0.518. The minimum Gasteiger partial charge on any atom is -0.333 e. The van der Waals surface area contributed by atoms with Crippen LogP contribution >= 0.6 is 11.3 Å². The normalized spacial score (nSPS) is 14.2. The fraction of sp³-hybridized carbons (Fsp3) is 0.600. The molecule has 3 amide bonds. The molecule has 1 aromatic rings. The summed E-state index contributed by atoms with van der Waals surface area (Å²) in [5.41, 5.74) is 0. The smallest absolute Gasteiger partial charge is 0.321 e. The van der Waals surface area contributed by atoms with Crippen LogP contribution in [-0.4, -0.2) is 36.5 Å². The van der Waals surface area contributed by atoms with Gasteiger partial charge in [0, 0.05) is 11.4 Å². The average molecular weight is 309 g/mol. The van der Waals surface area contributed by atoms with Gasteiger partial charge in [-0.05, 0) is 43.2 Å². The molecule has 2 N–H and O–H groups in total. The van der Waals surface area contributed by atoms with Gasteiger partial charge in [-0.1, -0.05) is 13.0 Å². The molecule has 0 saturated heterocycles. The topological polar surface area (TPSA) is 61.4 Å². The van der Waals surface area contributed by atoms with E-state index in [-0.39, 0.29) is 5.91 Å². The maximum absolute atomic E-state index is 11.9. The van der Waals surface area contributed by atoms with Crippen molar-refractivity contribution in [3.05, 3.63) is 22.4 Å². The quantitative estimate of drug-likeness (QED) is 0.774. The number of thiophene rings is 1. The SMILES string of the molecule is CCCN(CC(=O)NC(=O)NCc1cccs1)CC1CC1. The molecule has 0 spiro atoms. The molecule has 2 rings (SSSR count). The van der Waals surface area contributed by atoms with Gasteiger partial charge in [-0.3, -0.25) is 15.0 Å². The Kier molecular flexibility index (Phi) is 6.20. The maximum Gasteiger partial charge on any atom is 0.321 e. The fourth-order valence-electron chi connectivity index (χ4n) is 2.21. The van der Waals surface area contributed by atoms with E-state index >= 15 is 0 Å². The van der Waals surface area contributed by atoms with Gasteiger partial charge in [-0.15, -0.1) is 11.3 Å². The van der Waals surface area contributed by atoms with Crippen LogP contribution in [0.5, 0.6) is 0 Å². The van der Waals surface area contributed by atoms with Gasteiger partial charge < -0.3 is 5.32 Å². The van der Waals surface area contributed by atoms with Crippen LogP contribution in [0.4, 0.5) is 4.79 Å². The highest BCUT2D eigenvalue weighted by Gasteiger charge is 2.25. The van der Waals surface area contributed by atoms with Crippen molar-refractivity contribution in [2.24, 2.45) is 5.92 Å². The van der Waals surface area contributed by atoms with E-state index in [1.165, 1.54) is 12.8 Å². The largest absolute Gasteiger partial charge is 0.333 e. The van der Waals surface area contributed by atoms with Crippen LogP contribution in [0.1, 0.15) is 31.1 Å². The van der Waals surface area contributed by atoms with E-state index in [0.29, 0.717) is 13.1 Å². The molecule has 1 aliphatic rings. The first kappa shape index (κ1) is 16.0. The van der Waals surface area contributed by atoms with Crippen molar-refractivity contribution in [2.75, 3.05) is 19.6 Å². The Bertz CT molecular complexity index is 457. The van der Waals surface area contributed by atoms with Crippen molar-refractivity contribution in [3.63, 3.8) is 0 Å². The Labute approximate surface area is 129 Å². The van der Waals surface area contributed by atoms with Gasteiger partial charge in [-0.25, -0.2) is 4.79 Å². The summed E-state index contributed by atoms with van der Waals surface area (Å²) >= 11 is 1.58. The number of rotatable bonds is 8. The summed E-state index contributed by atoms with van der Waals surface area (Å²) < 4.78 is 0. The van der Waals surface area contributed by atoms with Crippen LogP contribution in [0.25, 0.3) is 0 Å². The van der Waals surface area contributed by atoms with Crippen LogP contribution in [0.3, 0.4) is 0 Å². The number of carbonyl (C=O) groups is 2. The molecule has 1 heterocycles. The predicted molar refractivity (Wildman–Crippen MR) is 84.2 cm³/mol. The van der Waals surface area contributed by atoms with E-state index in [2.05, 4.69) is 22.5 Å². The number of hydrogen-bond donors (Lipinski definition) is 2. The summed E-state index contributed by atoms with van der Waals surface area (Å²) in [6.45, 7) is 4.73. The molecule has 0 unspecified atom stereocenters. The monoisotopic (exact) mass is 309 g/mol. The van der Waals surface area contributed by atoms with Gasteiger partial charge in [0.05, 0.1) is 13.1 Å². The van der Waals surface area contributed by atoms with Gasteiger partial charge in [0.15, 0.2) is 0 Å². The molecule has 0 aliphatic heterocycles. The first-order valence-corrected chi connectivity index (χ1v) is 8.37. The molecule has 0 radical (unpaired) electrons. The first-order valence-electron chi connectivity index (χ1n) is 7.49. The van der Waals surface area contributed by atoms with E-state index < -0.39 is 6.03 Å². The Morgan fingerprint density at radius 1 is 1.43 bits per heavy atom. The van der Waals surface area contributed by atoms with E-state index in [1.54, 1.807) is 11.3 Å². The Morgan fingerprint density at radius 3 is 2.86 bits per heavy atom. The third-order valence-electron chi connectivity index (χ3n) is 3.38. The lowest BCUT2D eigenvalue weighted by atomic mass is 10.3. The third kappa shape index (κ3) is 6.27. The number of nitrogens with one attached hydrogen (secondary N) is 2. The summed E-state index contributed by atoms with van der Waals surface area (Å²) in [6, 6.07) is 3.47. The van der Waals surface area contributed by atoms with Crippen molar-refractivity contribution in [1.82, 2.24) is 15.5 Å². The first-order chi connectivity index (χ1) is 10.2. The summed E-state index contributed by atoms with van der Waals surface area (Å²) in [7, 11) is 0. The second-order valence-corrected chi connectivity index (χ2v) is 6.52. The van der Waals surface area contributed by atoms with Crippen LogP contribution in [0, 0.1) is 5.92 Å². The molecular weight excluding hydrogens is 286 g/mol. The number of amides is 3. The summed E-state index contributed by atoms with van der Waals surface area (Å²) in [4.78, 5) is 26.8. The molecule has 21 heavy (non-hydrogen) atoms. The number of hydrogen-bond acceptors (Lipinski definition) is 4. The Balaban J connectivity index is 1.67. The van der Waals surface area contributed by atoms with Crippen LogP contribution in [0.2, 0.25) is 0 Å². The van der Waals surface area contributed by atoms with Crippen molar-refractivity contribution in [2.45, 2.75) is 32.7 Å². The van der Waals surface area contributed by atoms with Gasteiger partial charge in [0.25, 0.3) is 0 Å². The molecule has 1 aliphatic carbocycles. The highest BCUT2D eigenvalue weighted by molar-refractivity contribution is 7.09. The fourth-order valence-corrected chi connectivity index (χ4v) is 2.86.